The van der Waals surface area contributed by atoms with E-state index in [9.17, 15) is 9.59 Å². The van der Waals surface area contributed by atoms with Crippen molar-refractivity contribution in [2.24, 2.45) is 0 Å². The molecule has 1 aromatic heterocycles. The van der Waals surface area contributed by atoms with Gasteiger partial charge in [0.2, 0.25) is 0 Å². The summed E-state index contributed by atoms with van der Waals surface area (Å²) in [5.41, 5.74) is 4.34. The number of carbonyl (C=O) groups is 2. The number of fused-ring (bicyclic) bond motifs is 1. The second-order valence-electron chi connectivity index (χ2n) is 6.14. The molecular weight excluding hydrogens is 306 g/mol. The molecule has 1 aromatic carbocycles. The van der Waals surface area contributed by atoms with E-state index in [4.69, 9.17) is 0 Å². The molecular formula is C17H21N5O2. The number of hydrogen-bond acceptors (Lipinski definition) is 4. The molecule has 2 aromatic rings. The minimum atomic E-state index is -0.275. The highest BCUT2D eigenvalue weighted by Gasteiger charge is 2.22. The first-order valence-corrected chi connectivity index (χ1v) is 7.88. The van der Waals surface area contributed by atoms with Crippen LogP contribution in [0.3, 0.4) is 0 Å². The summed E-state index contributed by atoms with van der Waals surface area (Å²) < 4.78 is 0. The van der Waals surface area contributed by atoms with Gasteiger partial charge in [-0.1, -0.05) is 6.07 Å². The summed E-state index contributed by atoms with van der Waals surface area (Å²) in [5, 5.41) is 13.2. The summed E-state index contributed by atoms with van der Waals surface area (Å²) >= 11 is 0. The molecule has 0 unspecified atom stereocenters. The normalized spacial score (nSPS) is 13.3. The number of aromatic nitrogens is 2. The lowest BCUT2D eigenvalue weighted by Gasteiger charge is -2.15. The molecule has 2 amide bonds. The number of nitrogens with one attached hydrogen (secondary N) is 3. The van der Waals surface area contributed by atoms with Crippen LogP contribution in [0.5, 0.6) is 0 Å². The fourth-order valence-electron chi connectivity index (χ4n) is 2.77. The maximum Gasteiger partial charge on any atom is 0.276 e. The van der Waals surface area contributed by atoms with E-state index >= 15 is 0 Å². The lowest BCUT2D eigenvalue weighted by molar-refractivity contribution is 0.0826. The van der Waals surface area contributed by atoms with Gasteiger partial charge in [0.25, 0.3) is 11.8 Å². The van der Waals surface area contributed by atoms with Crippen LogP contribution in [0.15, 0.2) is 18.2 Å². The topological polar surface area (TPSA) is 90.1 Å². The number of anilines is 1. The third-order valence-electron chi connectivity index (χ3n) is 4.15. The number of amides is 2. The number of H-pyrrole nitrogens is 1. The fraction of sp³-hybridized carbons (Fsp3) is 0.353. The van der Waals surface area contributed by atoms with Gasteiger partial charge in [0.05, 0.1) is 0 Å². The van der Waals surface area contributed by atoms with Gasteiger partial charge in [-0.2, -0.15) is 5.10 Å². The van der Waals surface area contributed by atoms with Crippen LogP contribution in [0, 0.1) is 6.92 Å². The van der Waals surface area contributed by atoms with E-state index in [0.717, 1.165) is 29.8 Å². The SMILES string of the molecule is Cc1ccc(NC(=O)c2n[nH]c3c2CNCC3)cc1C(=O)N(C)C. The molecule has 0 bridgehead atoms. The molecule has 0 atom stereocenters. The van der Waals surface area contributed by atoms with Crippen molar-refractivity contribution in [2.45, 2.75) is 19.9 Å². The Morgan fingerprint density at radius 3 is 2.83 bits per heavy atom. The van der Waals surface area contributed by atoms with Crippen LogP contribution < -0.4 is 10.6 Å². The predicted octanol–water partition coefficient (Wildman–Crippen LogP) is 1.32. The largest absolute Gasteiger partial charge is 0.345 e. The minimum absolute atomic E-state index is 0.0926. The summed E-state index contributed by atoms with van der Waals surface area (Å²) in [7, 11) is 3.41. The summed E-state index contributed by atoms with van der Waals surface area (Å²) in [5.74, 6) is -0.367. The molecule has 0 radical (unpaired) electrons. The smallest absolute Gasteiger partial charge is 0.276 e. The van der Waals surface area contributed by atoms with E-state index in [0.29, 0.717) is 23.5 Å². The lowest BCUT2D eigenvalue weighted by Crippen LogP contribution is -2.25. The van der Waals surface area contributed by atoms with E-state index in [2.05, 4.69) is 20.8 Å². The standard InChI is InChI=1S/C17H21N5O2/c1-10-4-5-11(8-12(10)17(24)22(2)3)19-16(23)15-13-9-18-7-6-14(13)20-21-15/h4-5,8,18H,6-7,9H2,1-3H3,(H,19,23)(H,20,21). The third-order valence-corrected chi connectivity index (χ3v) is 4.15. The van der Waals surface area contributed by atoms with Crippen molar-refractivity contribution >= 4 is 17.5 Å². The Hall–Kier alpha value is -2.67. The van der Waals surface area contributed by atoms with Gasteiger partial charge in [-0.15, -0.1) is 0 Å². The first-order chi connectivity index (χ1) is 11.5. The predicted molar refractivity (Wildman–Crippen MR) is 91.1 cm³/mol. The maximum absolute atomic E-state index is 12.5. The zero-order valence-corrected chi connectivity index (χ0v) is 14.1. The van der Waals surface area contributed by atoms with Crippen LogP contribution in [0.4, 0.5) is 5.69 Å². The Balaban J connectivity index is 1.83. The first kappa shape index (κ1) is 16.2. The second-order valence-corrected chi connectivity index (χ2v) is 6.14. The van der Waals surface area contributed by atoms with Gasteiger partial charge in [0, 0.05) is 56.1 Å². The van der Waals surface area contributed by atoms with Crippen molar-refractivity contribution < 1.29 is 9.59 Å². The number of nitrogens with zero attached hydrogens (tertiary/aromatic N) is 2. The van der Waals surface area contributed by atoms with Gasteiger partial charge in [0.1, 0.15) is 0 Å². The van der Waals surface area contributed by atoms with Crippen molar-refractivity contribution in [3.63, 3.8) is 0 Å². The van der Waals surface area contributed by atoms with E-state index in [1.165, 1.54) is 4.90 Å². The molecule has 3 N–H and O–H groups in total. The van der Waals surface area contributed by atoms with Gasteiger partial charge in [-0.05, 0) is 24.6 Å². The van der Waals surface area contributed by atoms with Crippen LogP contribution in [0.2, 0.25) is 0 Å². The molecule has 3 rings (SSSR count). The Bertz CT molecular complexity index is 794. The Morgan fingerprint density at radius 2 is 2.08 bits per heavy atom. The van der Waals surface area contributed by atoms with E-state index < -0.39 is 0 Å². The van der Waals surface area contributed by atoms with Gasteiger partial charge in [-0.3, -0.25) is 14.7 Å². The zero-order chi connectivity index (χ0) is 17.3. The monoisotopic (exact) mass is 327 g/mol. The van der Waals surface area contributed by atoms with Gasteiger partial charge < -0.3 is 15.5 Å². The quantitative estimate of drug-likeness (QED) is 0.793. The van der Waals surface area contributed by atoms with E-state index in [-0.39, 0.29) is 11.8 Å². The molecule has 7 heteroatoms. The third kappa shape index (κ3) is 3.03. The summed E-state index contributed by atoms with van der Waals surface area (Å²) in [4.78, 5) is 26.3. The Labute approximate surface area is 140 Å². The summed E-state index contributed by atoms with van der Waals surface area (Å²) in [6.07, 6.45) is 0.835. The molecule has 126 valence electrons. The molecule has 1 aliphatic rings. The highest BCUT2D eigenvalue weighted by Crippen LogP contribution is 2.20. The van der Waals surface area contributed by atoms with Crippen LogP contribution in [0.1, 0.15) is 37.7 Å². The van der Waals surface area contributed by atoms with Crippen molar-refractivity contribution in [3.8, 4) is 0 Å². The summed E-state index contributed by atoms with van der Waals surface area (Å²) in [6, 6.07) is 5.32. The van der Waals surface area contributed by atoms with Gasteiger partial charge in [-0.25, -0.2) is 0 Å². The molecule has 2 heterocycles. The molecule has 0 saturated carbocycles. The molecule has 0 spiro atoms. The Kier molecular flexibility index (Phi) is 4.35. The first-order valence-electron chi connectivity index (χ1n) is 7.88. The molecule has 0 saturated heterocycles. The Morgan fingerprint density at radius 1 is 1.29 bits per heavy atom. The lowest BCUT2D eigenvalue weighted by atomic mass is 10.1. The van der Waals surface area contributed by atoms with Crippen molar-refractivity contribution in [2.75, 3.05) is 26.0 Å². The number of hydrogen-bond donors (Lipinski definition) is 3. The average Bonchev–Trinajstić information content (AvgIpc) is 3.00. The molecule has 0 fully saturated rings. The molecule has 0 aliphatic carbocycles. The fourth-order valence-corrected chi connectivity index (χ4v) is 2.77. The second kappa shape index (κ2) is 6.45. The van der Waals surface area contributed by atoms with Crippen molar-refractivity contribution in [3.05, 3.63) is 46.3 Å². The molecule has 24 heavy (non-hydrogen) atoms. The number of rotatable bonds is 3. The van der Waals surface area contributed by atoms with Crippen molar-refractivity contribution in [1.82, 2.24) is 20.4 Å². The van der Waals surface area contributed by atoms with Crippen LogP contribution in [-0.4, -0.2) is 47.6 Å². The highest BCUT2D eigenvalue weighted by molar-refractivity contribution is 6.05. The minimum Gasteiger partial charge on any atom is -0.345 e. The van der Waals surface area contributed by atoms with E-state index in [1.807, 2.05) is 13.0 Å². The average molecular weight is 327 g/mol. The summed E-state index contributed by atoms with van der Waals surface area (Å²) in [6.45, 7) is 3.38. The zero-order valence-electron chi connectivity index (χ0n) is 14.1. The van der Waals surface area contributed by atoms with Gasteiger partial charge in [0.15, 0.2) is 5.69 Å². The number of benzene rings is 1. The van der Waals surface area contributed by atoms with E-state index in [1.54, 1.807) is 26.2 Å². The molecule has 7 nitrogen and oxygen atoms in total. The van der Waals surface area contributed by atoms with Gasteiger partial charge >= 0.3 is 0 Å². The number of carbonyl (C=O) groups excluding carboxylic acids is 2. The van der Waals surface area contributed by atoms with Crippen LogP contribution >= 0.6 is 0 Å². The van der Waals surface area contributed by atoms with Crippen LogP contribution in [0.25, 0.3) is 0 Å². The highest BCUT2D eigenvalue weighted by atomic mass is 16.2. The number of aromatic amines is 1. The molecule has 1 aliphatic heterocycles. The maximum atomic E-state index is 12.5. The van der Waals surface area contributed by atoms with Crippen LogP contribution in [-0.2, 0) is 13.0 Å². The van der Waals surface area contributed by atoms with Crippen molar-refractivity contribution in [1.29, 1.82) is 0 Å². The number of aryl methyl sites for hydroxylation is 1.